The molecule has 5 nitrogen and oxygen atoms in total. The molecule has 2 aliphatic carbocycles. The molecule has 152 valence electrons. The van der Waals surface area contributed by atoms with Crippen LogP contribution in [0.15, 0.2) is 24.3 Å². The van der Waals surface area contributed by atoms with Crippen LogP contribution in [0.4, 0.5) is 18.0 Å². The Balaban J connectivity index is 1.52. The van der Waals surface area contributed by atoms with E-state index in [1.54, 1.807) is 0 Å². The van der Waals surface area contributed by atoms with E-state index >= 15 is 0 Å². The summed E-state index contributed by atoms with van der Waals surface area (Å²) < 4.78 is 39.9. The summed E-state index contributed by atoms with van der Waals surface area (Å²) in [4.78, 5) is 25.6. The minimum Gasteiger partial charge on any atom is -0.465 e. The van der Waals surface area contributed by atoms with Crippen LogP contribution in [0.1, 0.15) is 36.8 Å². The van der Waals surface area contributed by atoms with Gasteiger partial charge in [0.25, 0.3) is 0 Å². The molecular weight excluding hydrogens is 373 g/mol. The number of halogens is 3. The number of carboxylic acid groups (broad SMARTS) is 1. The topological polar surface area (TPSA) is 60.9 Å². The van der Waals surface area contributed by atoms with Crippen LogP contribution >= 0.6 is 0 Å². The van der Waals surface area contributed by atoms with Gasteiger partial charge in [-0.05, 0) is 49.1 Å². The SMILES string of the molecule is O=C(O)N1CCC(CN(C(=O)C(F)(F)F)[C@@H]2C[C@@]23CCc2ccccc23)CC1. The van der Waals surface area contributed by atoms with Crippen molar-refractivity contribution in [3.05, 3.63) is 35.4 Å². The third-order valence-electron chi connectivity index (χ3n) is 6.65. The van der Waals surface area contributed by atoms with Gasteiger partial charge in [0.1, 0.15) is 0 Å². The zero-order chi connectivity index (χ0) is 20.1. The van der Waals surface area contributed by atoms with E-state index in [-0.39, 0.29) is 17.9 Å². The van der Waals surface area contributed by atoms with Crippen LogP contribution < -0.4 is 0 Å². The van der Waals surface area contributed by atoms with E-state index in [4.69, 9.17) is 5.11 Å². The van der Waals surface area contributed by atoms with Gasteiger partial charge in [0.05, 0.1) is 0 Å². The molecule has 0 aromatic heterocycles. The Bertz CT molecular complexity index is 789. The number of likely N-dealkylation sites (tertiary alicyclic amines) is 1. The van der Waals surface area contributed by atoms with Gasteiger partial charge < -0.3 is 14.9 Å². The first-order chi connectivity index (χ1) is 13.2. The number of fused-ring (bicyclic) bond motifs is 2. The predicted molar refractivity (Wildman–Crippen MR) is 94.9 cm³/mol. The minimum absolute atomic E-state index is 0.0420. The Morgan fingerprint density at radius 2 is 1.89 bits per heavy atom. The second kappa shape index (κ2) is 6.67. The maximum Gasteiger partial charge on any atom is 0.471 e. The molecule has 0 radical (unpaired) electrons. The molecule has 1 aliphatic heterocycles. The highest BCUT2D eigenvalue weighted by atomic mass is 19.4. The maximum atomic E-state index is 13.3. The van der Waals surface area contributed by atoms with Gasteiger partial charge in [-0.15, -0.1) is 0 Å². The van der Waals surface area contributed by atoms with E-state index in [0.717, 1.165) is 23.3 Å². The molecule has 1 aromatic carbocycles. The van der Waals surface area contributed by atoms with Crippen LogP contribution in [0.2, 0.25) is 0 Å². The normalized spacial score (nSPS) is 27.0. The molecule has 1 heterocycles. The van der Waals surface area contributed by atoms with Crippen LogP contribution in [-0.4, -0.2) is 58.8 Å². The molecule has 1 spiro atoms. The van der Waals surface area contributed by atoms with E-state index in [1.807, 2.05) is 24.3 Å². The van der Waals surface area contributed by atoms with Crippen molar-refractivity contribution in [1.82, 2.24) is 9.80 Å². The number of hydrogen-bond acceptors (Lipinski definition) is 2. The number of alkyl halides is 3. The first kappa shape index (κ1) is 19.1. The fourth-order valence-electron chi connectivity index (χ4n) is 5.07. The first-order valence-corrected chi connectivity index (χ1v) is 9.66. The second-order valence-corrected chi connectivity index (χ2v) is 8.20. The van der Waals surface area contributed by atoms with Crippen molar-refractivity contribution in [3.63, 3.8) is 0 Å². The molecule has 1 saturated carbocycles. The Kier molecular flexibility index (Phi) is 4.55. The Hall–Kier alpha value is -2.25. The van der Waals surface area contributed by atoms with E-state index in [0.29, 0.717) is 32.4 Å². The van der Waals surface area contributed by atoms with Crippen LogP contribution in [0, 0.1) is 5.92 Å². The van der Waals surface area contributed by atoms with E-state index in [1.165, 1.54) is 10.5 Å². The number of piperidine rings is 1. The zero-order valence-corrected chi connectivity index (χ0v) is 15.4. The summed E-state index contributed by atoms with van der Waals surface area (Å²) in [6, 6.07) is 7.40. The van der Waals surface area contributed by atoms with E-state index < -0.39 is 24.2 Å². The summed E-state index contributed by atoms with van der Waals surface area (Å²) >= 11 is 0. The standard InChI is InChI=1S/C20H23F3N2O3/c21-20(22,23)17(26)25(12-13-6-9-24(10-7-13)18(27)28)16-11-19(16)8-5-14-3-1-2-4-15(14)19/h1-4,13,16H,5-12H2,(H,27,28)/t16-,19-/m1/s1. The van der Waals surface area contributed by atoms with Crippen molar-refractivity contribution >= 4 is 12.0 Å². The summed E-state index contributed by atoms with van der Waals surface area (Å²) in [5, 5.41) is 9.04. The summed E-state index contributed by atoms with van der Waals surface area (Å²) in [5.41, 5.74) is 1.90. The maximum absolute atomic E-state index is 13.3. The molecule has 2 amide bonds. The summed E-state index contributed by atoms with van der Waals surface area (Å²) in [5.74, 6) is -1.88. The van der Waals surface area contributed by atoms with Crippen molar-refractivity contribution in [3.8, 4) is 0 Å². The molecule has 0 unspecified atom stereocenters. The molecule has 2 fully saturated rings. The zero-order valence-electron chi connectivity index (χ0n) is 15.4. The van der Waals surface area contributed by atoms with Crippen molar-refractivity contribution in [2.45, 2.75) is 49.7 Å². The largest absolute Gasteiger partial charge is 0.471 e. The number of nitrogens with zero attached hydrogens (tertiary/aromatic N) is 2. The molecule has 28 heavy (non-hydrogen) atoms. The van der Waals surface area contributed by atoms with Gasteiger partial charge in [-0.3, -0.25) is 4.79 Å². The Morgan fingerprint density at radius 3 is 2.54 bits per heavy atom. The highest BCUT2D eigenvalue weighted by Gasteiger charge is 2.63. The summed E-state index contributed by atoms with van der Waals surface area (Å²) in [7, 11) is 0. The van der Waals surface area contributed by atoms with Crippen molar-refractivity contribution < 1.29 is 27.9 Å². The average Bonchev–Trinajstić information content (AvgIpc) is 3.27. The van der Waals surface area contributed by atoms with Gasteiger partial charge in [-0.2, -0.15) is 13.2 Å². The molecule has 2 atom stereocenters. The van der Waals surface area contributed by atoms with Gasteiger partial charge >= 0.3 is 18.2 Å². The summed E-state index contributed by atoms with van der Waals surface area (Å²) in [6.45, 7) is 0.639. The number of amides is 2. The third-order valence-corrected chi connectivity index (χ3v) is 6.65. The van der Waals surface area contributed by atoms with Crippen molar-refractivity contribution in [2.75, 3.05) is 19.6 Å². The lowest BCUT2D eigenvalue weighted by Gasteiger charge is -2.35. The molecule has 1 N–H and O–H groups in total. The van der Waals surface area contributed by atoms with Crippen molar-refractivity contribution in [2.24, 2.45) is 5.92 Å². The fourth-order valence-corrected chi connectivity index (χ4v) is 5.07. The lowest BCUT2D eigenvalue weighted by atomic mass is 9.94. The molecular formula is C20H23F3N2O3. The highest BCUT2D eigenvalue weighted by molar-refractivity contribution is 5.83. The Labute approximate surface area is 161 Å². The van der Waals surface area contributed by atoms with Gasteiger partial charge in [-0.1, -0.05) is 24.3 Å². The molecule has 1 aromatic rings. The minimum atomic E-state index is -4.90. The molecule has 3 aliphatic rings. The number of rotatable bonds is 3. The molecule has 4 rings (SSSR count). The number of aryl methyl sites for hydroxylation is 1. The lowest BCUT2D eigenvalue weighted by Crippen LogP contribution is -2.48. The third kappa shape index (κ3) is 3.22. The molecule has 0 bridgehead atoms. The molecule has 1 saturated heterocycles. The summed E-state index contributed by atoms with van der Waals surface area (Å²) in [6.07, 6.45) is -2.78. The van der Waals surface area contributed by atoms with Gasteiger partial charge in [-0.25, -0.2) is 4.79 Å². The Morgan fingerprint density at radius 1 is 1.21 bits per heavy atom. The van der Waals surface area contributed by atoms with Crippen molar-refractivity contribution in [1.29, 1.82) is 0 Å². The van der Waals surface area contributed by atoms with Crippen LogP contribution in [-0.2, 0) is 16.6 Å². The van der Waals surface area contributed by atoms with Gasteiger partial charge in [0, 0.05) is 31.1 Å². The number of hydrogen-bond donors (Lipinski definition) is 1. The second-order valence-electron chi connectivity index (χ2n) is 8.20. The number of carbonyl (C=O) groups excluding carboxylic acids is 1. The molecule has 8 heteroatoms. The van der Waals surface area contributed by atoms with Crippen LogP contribution in [0.5, 0.6) is 0 Å². The van der Waals surface area contributed by atoms with Crippen LogP contribution in [0.25, 0.3) is 0 Å². The monoisotopic (exact) mass is 396 g/mol. The smallest absolute Gasteiger partial charge is 0.465 e. The highest BCUT2D eigenvalue weighted by Crippen LogP contribution is 2.59. The predicted octanol–water partition coefficient (Wildman–Crippen LogP) is 3.42. The van der Waals surface area contributed by atoms with Gasteiger partial charge in [0.15, 0.2) is 0 Å². The van der Waals surface area contributed by atoms with E-state index in [9.17, 15) is 22.8 Å². The van der Waals surface area contributed by atoms with Gasteiger partial charge in [0.2, 0.25) is 0 Å². The fraction of sp³-hybridized carbons (Fsp3) is 0.600. The lowest BCUT2D eigenvalue weighted by molar-refractivity contribution is -0.187. The number of benzene rings is 1. The first-order valence-electron chi connectivity index (χ1n) is 9.66. The average molecular weight is 396 g/mol. The van der Waals surface area contributed by atoms with Crippen LogP contribution in [0.3, 0.4) is 0 Å². The number of carbonyl (C=O) groups is 2. The van der Waals surface area contributed by atoms with E-state index in [2.05, 4.69) is 0 Å². The quantitative estimate of drug-likeness (QED) is 0.852.